The summed E-state index contributed by atoms with van der Waals surface area (Å²) in [7, 11) is 0. The van der Waals surface area contributed by atoms with Crippen molar-refractivity contribution in [2.75, 3.05) is 0 Å². The van der Waals surface area contributed by atoms with E-state index in [-0.39, 0.29) is 0 Å². The monoisotopic (exact) mass is 354 g/mol. The lowest BCUT2D eigenvalue weighted by atomic mass is 10.0. The lowest BCUT2D eigenvalue weighted by molar-refractivity contribution is 0.0999. The van der Waals surface area contributed by atoms with Crippen molar-refractivity contribution < 1.29 is 4.79 Å². The lowest BCUT2D eigenvalue weighted by Crippen LogP contribution is -2.13. The fourth-order valence-corrected chi connectivity index (χ4v) is 3.64. The number of nitrogens with zero attached hydrogens (tertiary/aromatic N) is 1. The van der Waals surface area contributed by atoms with Crippen LogP contribution in [0.3, 0.4) is 0 Å². The van der Waals surface area contributed by atoms with Gasteiger partial charge in [0.15, 0.2) is 0 Å². The molecule has 0 fully saturated rings. The fraction of sp³-hybridized carbons (Fsp3) is 0.125. The fourth-order valence-electron chi connectivity index (χ4n) is 3.64. The number of rotatable bonds is 4. The quantitative estimate of drug-likeness (QED) is 0.546. The standard InChI is InChI=1S/C24H22N2O/c1-16-7-3-4-10-21(16)15-26-17(2)22(24(25)27)14-23(26)20-12-11-18-8-5-6-9-19(18)13-20/h3-14H,15H2,1-2H3,(H2,25,27). The number of hydrogen-bond acceptors (Lipinski definition) is 1. The Morgan fingerprint density at radius 1 is 0.889 bits per heavy atom. The van der Waals surface area contributed by atoms with E-state index in [2.05, 4.69) is 54.0 Å². The van der Waals surface area contributed by atoms with Crippen LogP contribution < -0.4 is 5.73 Å². The summed E-state index contributed by atoms with van der Waals surface area (Å²) in [5, 5.41) is 2.38. The molecule has 4 rings (SSSR count). The molecule has 0 aliphatic heterocycles. The summed E-state index contributed by atoms with van der Waals surface area (Å²) < 4.78 is 2.19. The second-order valence-corrected chi connectivity index (χ2v) is 6.97. The molecule has 0 aliphatic carbocycles. The molecule has 2 N–H and O–H groups in total. The maximum atomic E-state index is 12.0. The Balaban J connectivity index is 1.89. The number of benzene rings is 3. The van der Waals surface area contributed by atoms with Gasteiger partial charge in [0.25, 0.3) is 5.91 Å². The molecule has 134 valence electrons. The van der Waals surface area contributed by atoms with E-state index in [1.54, 1.807) is 0 Å². The second kappa shape index (κ2) is 6.76. The highest BCUT2D eigenvalue weighted by molar-refractivity contribution is 5.96. The third-order valence-electron chi connectivity index (χ3n) is 5.27. The molecule has 1 aromatic heterocycles. The Labute approximate surface area is 159 Å². The molecule has 0 aliphatic rings. The van der Waals surface area contributed by atoms with Crippen LogP contribution in [-0.2, 0) is 6.54 Å². The van der Waals surface area contributed by atoms with Gasteiger partial charge in [0.2, 0.25) is 0 Å². The molecule has 3 heteroatoms. The number of primary amides is 1. The number of nitrogens with two attached hydrogens (primary N) is 1. The van der Waals surface area contributed by atoms with Crippen molar-refractivity contribution in [3.63, 3.8) is 0 Å². The van der Waals surface area contributed by atoms with Gasteiger partial charge < -0.3 is 10.3 Å². The molecule has 27 heavy (non-hydrogen) atoms. The summed E-state index contributed by atoms with van der Waals surface area (Å²) in [5.74, 6) is -0.391. The zero-order valence-electron chi connectivity index (χ0n) is 15.6. The number of amides is 1. The predicted molar refractivity (Wildman–Crippen MR) is 111 cm³/mol. The third-order valence-corrected chi connectivity index (χ3v) is 5.27. The Morgan fingerprint density at radius 2 is 1.59 bits per heavy atom. The van der Waals surface area contributed by atoms with Crippen molar-refractivity contribution in [2.24, 2.45) is 5.73 Å². The number of aromatic nitrogens is 1. The highest BCUT2D eigenvalue weighted by Gasteiger charge is 2.17. The third kappa shape index (κ3) is 3.13. The van der Waals surface area contributed by atoms with Crippen LogP contribution in [0.2, 0.25) is 0 Å². The van der Waals surface area contributed by atoms with E-state index >= 15 is 0 Å². The van der Waals surface area contributed by atoms with Gasteiger partial charge in [-0.05, 0) is 53.4 Å². The molecule has 3 nitrogen and oxygen atoms in total. The lowest BCUT2D eigenvalue weighted by Gasteiger charge is -2.14. The van der Waals surface area contributed by atoms with E-state index in [0.29, 0.717) is 12.1 Å². The molecule has 1 amide bonds. The summed E-state index contributed by atoms with van der Waals surface area (Å²) in [6.45, 7) is 4.77. The Kier molecular flexibility index (Phi) is 4.28. The van der Waals surface area contributed by atoms with Crippen molar-refractivity contribution in [3.8, 4) is 11.3 Å². The Morgan fingerprint density at radius 3 is 2.33 bits per heavy atom. The van der Waals surface area contributed by atoms with Crippen LogP contribution in [0, 0.1) is 13.8 Å². The van der Waals surface area contributed by atoms with Crippen molar-refractivity contribution >= 4 is 16.7 Å². The summed E-state index contributed by atoms with van der Waals surface area (Å²) in [5.41, 5.74) is 11.7. The van der Waals surface area contributed by atoms with Gasteiger partial charge in [-0.3, -0.25) is 4.79 Å². The summed E-state index contributed by atoms with van der Waals surface area (Å²) >= 11 is 0. The zero-order valence-corrected chi connectivity index (χ0v) is 15.6. The van der Waals surface area contributed by atoms with Crippen molar-refractivity contribution in [1.82, 2.24) is 4.57 Å². The van der Waals surface area contributed by atoms with Gasteiger partial charge in [0.05, 0.1) is 5.56 Å². The molecule has 0 bridgehead atoms. The van der Waals surface area contributed by atoms with E-state index in [1.807, 2.05) is 37.3 Å². The number of carbonyl (C=O) groups is 1. The van der Waals surface area contributed by atoms with E-state index in [1.165, 1.54) is 21.9 Å². The maximum absolute atomic E-state index is 12.0. The van der Waals surface area contributed by atoms with Gasteiger partial charge in [-0.15, -0.1) is 0 Å². The van der Waals surface area contributed by atoms with Crippen LogP contribution in [-0.4, -0.2) is 10.5 Å². The van der Waals surface area contributed by atoms with Crippen LogP contribution in [0.25, 0.3) is 22.0 Å². The molecule has 0 unspecified atom stereocenters. The smallest absolute Gasteiger partial charge is 0.250 e. The molecular formula is C24H22N2O. The Hall–Kier alpha value is -3.33. The van der Waals surface area contributed by atoms with Crippen molar-refractivity contribution in [1.29, 1.82) is 0 Å². The summed E-state index contributed by atoms with van der Waals surface area (Å²) in [4.78, 5) is 12.0. The van der Waals surface area contributed by atoms with Gasteiger partial charge in [-0.1, -0.05) is 60.7 Å². The van der Waals surface area contributed by atoms with E-state index in [9.17, 15) is 4.79 Å². The van der Waals surface area contributed by atoms with E-state index < -0.39 is 5.91 Å². The first-order chi connectivity index (χ1) is 13.0. The normalized spacial score (nSPS) is 11.0. The van der Waals surface area contributed by atoms with Gasteiger partial charge in [0, 0.05) is 17.9 Å². The molecule has 1 heterocycles. The van der Waals surface area contributed by atoms with Crippen LogP contribution in [0.1, 0.15) is 27.2 Å². The van der Waals surface area contributed by atoms with Crippen molar-refractivity contribution in [3.05, 3.63) is 95.2 Å². The summed E-state index contributed by atoms with van der Waals surface area (Å²) in [6.07, 6.45) is 0. The predicted octanol–water partition coefficient (Wildman–Crippen LogP) is 5.07. The zero-order chi connectivity index (χ0) is 19.0. The van der Waals surface area contributed by atoms with Crippen LogP contribution >= 0.6 is 0 Å². The minimum Gasteiger partial charge on any atom is -0.366 e. The highest BCUT2D eigenvalue weighted by Crippen LogP contribution is 2.30. The molecule has 0 radical (unpaired) electrons. The molecule has 0 atom stereocenters. The van der Waals surface area contributed by atoms with E-state index in [0.717, 1.165) is 17.0 Å². The van der Waals surface area contributed by atoms with Gasteiger partial charge in [0.1, 0.15) is 0 Å². The van der Waals surface area contributed by atoms with Crippen LogP contribution in [0.5, 0.6) is 0 Å². The first kappa shape index (κ1) is 17.1. The largest absolute Gasteiger partial charge is 0.366 e. The average Bonchev–Trinajstić information content (AvgIpc) is 3.00. The van der Waals surface area contributed by atoms with Gasteiger partial charge >= 0.3 is 0 Å². The van der Waals surface area contributed by atoms with Crippen molar-refractivity contribution in [2.45, 2.75) is 20.4 Å². The number of carbonyl (C=O) groups excluding carboxylic acids is 1. The van der Waals surface area contributed by atoms with Crippen LogP contribution in [0.15, 0.2) is 72.8 Å². The maximum Gasteiger partial charge on any atom is 0.250 e. The highest BCUT2D eigenvalue weighted by atomic mass is 16.1. The van der Waals surface area contributed by atoms with Gasteiger partial charge in [-0.2, -0.15) is 0 Å². The number of fused-ring (bicyclic) bond motifs is 1. The molecule has 4 aromatic rings. The van der Waals surface area contributed by atoms with E-state index in [4.69, 9.17) is 5.73 Å². The minimum atomic E-state index is -0.391. The minimum absolute atomic E-state index is 0.391. The molecule has 0 saturated carbocycles. The SMILES string of the molecule is Cc1ccccc1Cn1c(-c2ccc3ccccc3c2)cc(C(N)=O)c1C. The number of hydrogen-bond donors (Lipinski definition) is 1. The van der Waals surface area contributed by atoms with Gasteiger partial charge in [-0.25, -0.2) is 0 Å². The summed E-state index contributed by atoms with van der Waals surface area (Å²) in [6, 6.07) is 24.9. The first-order valence-electron chi connectivity index (χ1n) is 9.08. The van der Waals surface area contributed by atoms with Crippen LogP contribution in [0.4, 0.5) is 0 Å². The molecule has 0 spiro atoms. The molecular weight excluding hydrogens is 332 g/mol. The first-order valence-corrected chi connectivity index (χ1v) is 9.08. The molecule has 3 aromatic carbocycles. The number of aryl methyl sites for hydroxylation is 1. The topological polar surface area (TPSA) is 48.0 Å². The molecule has 0 saturated heterocycles. The average molecular weight is 354 g/mol. The Bertz CT molecular complexity index is 1150. The second-order valence-electron chi connectivity index (χ2n) is 6.97.